The summed E-state index contributed by atoms with van der Waals surface area (Å²) in [4.78, 5) is 37.9. The van der Waals surface area contributed by atoms with Gasteiger partial charge < -0.3 is 14.2 Å². The molecule has 0 rings (SSSR count). The summed E-state index contributed by atoms with van der Waals surface area (Å²) in [5.74, 6) is -0.928. The Kier molecular flexibility index (Phi) is 47.9. The van der Waals surface area contributed by atoms with Crippen LogP contribution < -0.4 is 0 Å². The van der Waals surface area contributed by atoms with E-state index in [9.17, 15) is 14.4 Å². The van der Waals surface area contributed by atoms with Gasteiger partial charge in [0.1, 0.15) is 13.2 Å². The van der Waals surface area contributed by atoms with Gasteiger partial charge in [0.05, 0.1) is 0 Å². The molecule has 0 amide bonds. The van der Waals surface area contributed by atoms with Gasteiger partial charge in [-0.05, 0) is 83.5 Å². The van der Waals surface area contributed by atoms with E-state index in [0.29, 0.717) is 19.3 Å². The molecule has 0 heterocycles. The zero-order valence-electron chi connectivity index (χ0n) is 40.4. The Bertz CT molecular complexity index is 1070. The smallest absolute Gasteiger partial charge is 0.306 e. The summed E-state index contributed by atoms with van der Waals surface area (Å²) in [6.07, 6.45) is 59.5. The van der Waals surface area contributed by atoms with E-state index in [1.165, 1.54) is 148 Å². The van der Waals surface area contributed by atoms with Crippen molar-refractivity contribution < 1.29 is 28.6 Å². The topological polar surface area (TPSA) is 78.9 Å². The lowest BCUT2D eigenvalue weighted by molar-refractivity contribution is -0.167. The highest BCUT2D eigenvalue weighted by Crippen LogP contribution is 2.15. The fourth-order valence-corrected chi connectivity index (χ4v) is 7.33. The van der Waals surface area contributed by atoms with Crippen molar-refractivity contribution in [2.24, 2.45) is 0 Å². The minimum atomic E-state index is -0.793. The minimum Gasteiger partial charge on any atom is -0.462 e. The van der Waals surface area contributed by atoms with Crippen LogP contribution in [0.2, 0.25) is 0 Å². The lowest BCUT2D eigenvalue weighted by Crippen LogP contribution is -2.30. The van der Waals surface area contributed by atoms with Crippen molar-refractivity contribution in [1.29, 1.82) is 0 Å². The maximum Gasteiger partial charge on any atom is 0.306 e. The molecular weight excluding hydrogens is 757 g/mol. The third-order valence-electron chi connectivity index (χ3n) is 11.3. The lowest BCUT2D eigenvalue weighted by Gasteiger charge is -2.18. The highest BCUT2D eigenvalue weighted by Gasteiger charge is 2.19. The largest absolute Gasteiger partial charge is 0.462 e. The molecule has 61 heavy (non-hydrogen) atoms. The van der Waals surface area contributed by atoms with Gasteiger partial charge in [0, 0.05) is 19.3 Å². The number of esters is 3. The van der Waals surface area contributed by atoms with Crippen LogP contribution >= 0.6 is 0 Å². The van der Waals surface area contributed by atoms with Gasteiger partial charge in [-0.3, -0.25) is 14.4 Å². The maximum atomic E-state index is 12.8. The van der Waals surface area contributed by atoms with E-state index in [0.717, 1.165) is 70.6 Å². The second-order valence-electron chi connectivity index (χ2n) is 17.4. The first-order valence-electron chi connectivity index (χ1n) is 26.1. The Morgan fingerprint density at radius 2 is 0.590 bits per heavy atom. The molecule has 0 N–H and O–H groups in total. The van der Waals surface area contributed by atoms with Gasteiger partial charge in [-0.1, -0.05) is 211 Å². The number of hydrogen-bond acceptors (Lipinski definition) is 6. The van der Waals surface area contributed by atoms with E-state index in [4.69, 9.17) is 14.2 Å². The average Bonchev–Trinajstić information content (AvgIpc) is 3.26. The lowest BCUT2D eigenvalue weighted by atomic mass is 10.0. The molecular formula is C55H98O6. The van der Waals surface area contributed by atoms with Crippen LogP contribution in [0.4, 0.5) is 0 Å². The molecule has 0 unspecified atom stereocenters. The monoisotopic (exact) mass is 855 g/mol. The van der Waals surface area contributed by atoms with Gasteiger partial charge in [-0.15, -0.1) is 0 Å². The number of ether oxygens (including phenoxy) is 3. The molecule has 0 fully saturated rings. The number of carbonyl (C=O) groups is 3. The molecule has 0 aliphatic rings. The molecule has 0 bridgehead atoms. The summed E-state index contributed by atoms with van der Waals surface area (Å²) in [6, 6.07) is 0. The van der Waals surface area contributed by atoms with E-state index >= 15 is 0 Å². The van der Waals surface area contributed by atoms with Crippen molar-refractivity contribution in [2.75, 3.05) is 13.2 Å². The summed E-state index contributed by atoms with van der Waals surface area (Å²) in [5.41, 5.74) is 0. The molecule has 0 aromatic heterocycles. The van der Waals surface area contributed by atoms with Crippen LogP contribution in [-0.4, -0.2) is 37.2 Å². The second-order valence-corrected chi connectivity index (χ2v) is 17.4. The maximum absolute atomic E-state index is 12.8. The first kappa shape index (κ1) is 58.4. The highest BCUT2D eigenvalue weighted by atomic mass is 16.6. The molecule has 1 atom stereocenters. The molecule has 0 saturated carbocycles. The first-order valence-corrected chi connectivity index (χ1v) is 26.1. The standard InChI is InChI=1S/C55H98O6/c1-4-7-10-13-16-19-22-25-27-30-33-36-39-42-45-48-54(57)60-51-52(50-59-53(56)47-44-41-38-35-32-29-24-21-18-15-12-9-6-3)61-55(58)49-46-43-40-37-34-31-28-26-23-20-17-14-11-8-5-2/h17,20-21,24,26,28,34,37,52H,4-16,18-19,22-23,25,27,29-33,35-36,38-51H2,1-3H3/b20-17-,24-21-,28-26-,37-34-/t52-/m1/s1. The minimum absolute atomic E-state index is 0.0886. The van der Waals surface area contributed by atoms with Crippen molar-refractivity contribution >= 4 is 17.9 Å². The van der Waals surface area contributed by atoms with E-state index in [1.54, 1.807) is 0 Å². The van der Waals surface area contributed by atoms with E-state index < -0.39 is 6.10 Å². The van der Waals surface area contributed by atoms with Crippen LogP contribution in [0.15, 0.2) is 48.6 Å². The Hall–Kier alpha value is -2.63. The second kappa shape index (κ2) is 50.0. The fraction of sp³-hybridized carbons (Fsp3) is 0.800. The number of allylic oxidation sites excluding steroid dienone is 8. The fourth-order valence-electron chi connectivity index (χ4n) is 7.33. The first-order chi connectivity index (χ1) is 30.0. The molecule has 0 aromatic rings. The zero-order valence-corrected chi connectivity index (χ0v) is 40.4. The molecule has 0 radical (unpaired) electrons. The van der Waals surface area contributed by atoms with Gasteiger partial charge in [0.2, 0.25) is 0 Å². The predicted molar refractivity (Wildman–Crippen MR) is 261 cm³/mol. The predicted octanol–water partition coefficient (Wildman–Crippen LogP) is 17.1. The third-order valence-corrected chi connectivity index (χ3v) is 11.3. The molecule has 0 aliphatic heterocycles. The molecule has 0 aliphatic carbocycles. The quantitative estimate of drug-likeness (QED) is 0.0263. The molecule has 6 nitrogen and oxygen atoms in total. The third kappa shape index (κ3) is 48.3. The number of unbranched alkanes of at least 4 members (excludes halogenated alkanes) is 28. The summed E-state index contributed by atoms with van der Waals surface area (Å²) < 4.78 is 16.8. The van der Waals surface area contributed by atoms with Crippen LogP contribution in [0.3, 0.4) is 0 Å². The summed E-state index contributed by atoms with van der Waals surface area (Å²) >= 11 is 0. The van der Waals surface area contributed by atoms with Crippen LogP contribution in [0.5, 0.6) is 0 Å². The van der Waals surface area contributed by atoms with Crippen molar-refractivity contribution in [3.63, 3.8) is 0 Å². The van der Waals surface area contributed by atoms with E-state index in [2.05, 4.69) is 69.4 Å². The van der Waals surface area contributed by atoms with Crippen LogP contribution in [0, 0.1) is 0 Å². The van der Waals surface area contributed by atoms with Crippen LogP contribution in [-0.2, 0) is 28.6 Å². The zero-order chi connectivity index (χ0) is 44.4. The highest BCUT2D eigenvalue weighted by molar-refractivity contribution is 5.71. The molecule has 0 saturated heterocycles. The van der Waals surface area contributed by atoms with Gasteiger partial charge in [0.25, 0.3) is 0 Å². The number of hydrogen-bond donors (Lipinski definition) is 0. The number of carbonyl (C=O) groups excluding carboxylic acids is 3. The Morgan fingerprint density at radius 3 is 1.02 bits per heavy atom. The van der Waals surface area contributed by atoms with E-state index in [-0.39, 0.29) is 37.5 Å². The normalized spacial score (nSPS) is 12.4. The van der Waals surface area contributed by atoms with Crippen molar-refractivity contribution in [1.82, 2.24) is 0 Å². The van der Waals surface area contributed by atoms with Gasteiger partial charge in [-0.25, -0.2) is 0 Å². The van der Waals surface area contributed by atoms with Gasteiger partial charge in [0.15, 0.2) is 6.10 Å². The Morgan fingerprint density at radius 1 is 0.328 bits per heavy atom. The molecule has 0 aromatic carbocycles. The Balaban J connectivity index is 4.43. The summed E-state index contributed by atoms with van der Waals surface area (Å²) in [5, 5.41) is 0. The summed E-state index contributed by atoms with van der Waals surface area (Å²) in [7, 11) is 0. The SMILES string of the molecule is CCCCC/C=C\C/C=C\C/C=C\CCCCC(=O)O[C@H](COC(=O)CCCCCCC/C=C\CCCCCC)COC(=O)CCCCCCCCCCCCCCCCC. The Labute approximate surface area is 378 Å². The van der Waals surface area contributed by atoms with Gasteiger partial charge in [-0.2, -0.15) is 0 Å². The molecule has 354 valence electrons. The van der Waals surface area contributed by atoms with Crippen molar-refractivity contribution in [3.05, 3.63) is 48.6 Å². The van der Waals surface area contributed by atoms with Crippen molar-refractivity contribution in [3.8, 4) is 0 Å². The van der Waals surface area contributed by atoms with Crippen molar-refractivity contribution in [2.45, 2.75) is 271 Å². The molecule has 0 spiro atoms. The average molecular weight is 855 g/mol. The van der Waals surface area contributed by atoms with Crippen LogP contribution in [0.25, 0.3) is 0 Å². The van der Waals surface area contributed by atoms with E-state index in [1.807, 2.05) is 0 Å². The van der Waals surface area contributed by atoms with Crippen LogP contribution in [0.1, 0.15) is 265 Å². The summed E-state index contributed by atoms with van der Waals surface area (Å²) in [6.45, 7) is 6.57. The molecule has 6 heteroatoms. The number of rotatable bonds is 47. The van der Waals surface area contributed by atoms with Gasteiger partial charge >= 0.3 is 17.9 Å².